The zero-order valence-corrected chi connectivity index (χ0v) is 13.0. The Hall–Kier alpha value is -3.40. The number of benzene rings is 1. The topological polar surface area (TPSA) is 110 Å². The van der Waals surface area contributed by atoms with Crippen molar-refractivity contribution in [1.29, 1.82) is 5.26 Å². The molecule has 1 amide bonds. The first-order valence-corrected chi connectivity index (χ1v) is 7.39. The van der Waals surface area contributed by atoms with Gasteiger partial charge in [-0.15, -0.1) is 0 Å². The molecule has 7 nitrogen and oxygen atoms in total. The van der Waals surface area contributed by atoms with E-state index in [1.54, 1.807) is 25.3 Å². The van der Waals surface area contributed by atoms with Crippen molar-refractivity contribution in [3.8, 4) is 22.9 Å². The fourth-order valence-corrected chi connectivity index (χ4v) is 2.59. The van der Waals surface area contributed by atoms with Crippen LogP contribution in [0.4, 0.5) is 0 Å². The highest BCUT2D eigenvalue weighted by molar-refractivity contribution is 6.11. The van der Waals surface area contributed by atoms with Crippen LogP contribution in [0.5, 0.6) is 5.75 Å². The summed E-state index contributed by atoms with van der Waals surface area (Å²) in [6.07, 6.45) is 1.63. The van der Waals surface area contributed by atoms with Crippen LogP contribution in [0.3, 0.4) is 0 Å². The number of pyridine rings is 1. The van der Waals surface area contributed by atoms with Crippen LogP contribution in [-0.4, -0.2) is 35.0 Å². The summed E-state index contributed by atoms with van der Waals surface area (Å²) in [5, 5.41) is 25.3. The second kappa shape index (κ2) is 6.38. The number of carbonyl (C=O) groups is 1. The van der Waals surface area contributed by atoms with Crippen molar-refractivity contribution in [3.05, 3.63) is 47.3 Å². The minimum Gasteiger partial charge on any atom is -0.507 e. The van der Waals surface area contributed by atoms with Gasteiger partial charge in [0.2, 0.25) is 0 Å². The van der Waals surface area contributed by atoms with E-state index in [4.69, 9.17) is 0 Å². The number of aromatic nitrogens is 1. The molecule has 24 heavy (non-hydrogen) atoms. The van der Waals surface area contributed by atoms with E-state index in [-0.39, 0.29) is 16.9 Å². The molecule has 0 bridgehead atoms. The molecule has 2 heterocycles. The van der Waals surface area contributed by atoms with Gasteiger partial charge < -0.3 is 10.4 Å². The van der Waals surface area contributed by atoms with E-state index in [0.29, 0.717) is 35.9 Å². The third-order valence-electron chi connectivity index (χ3n) is 3.71. The van der Waals surface area contributed by atoms with Crippen LogP contribution in [-0.2, 0) is 0 Å². The highest BCUT2D eigenvalue weighted by Crippen LogP contribution is 2.34. The molecule has 0 saturated heterocycles. The normalized spacial score (nSPS) is 12.9. The highest BCUT2D eigenvalue weighted by Gasteiger charge is 2.23. The van der Waals surface area contributed by atoms with Crippen LogP contribution < -0.4 is 10.6 Å². The van der Waals surface area contributed by atoms with Crippen LogP contribution in [0.1, 0.15) is 21.6 Å². The number of phenolic OH excluding ortho intramolecular Hbond substituents is 1. The lowest BCUT2D eigenvalue weighted by Crippen LogP contribution is -2.38. The summed E-state index contributed by atoms with van der Waals surface area (Å²) in [6.45, 7) is 3.01. The van der Waals surface area contributed by atoms with Crippen LogP contribution in [0.25, 0.3) is 11.1 Å². The molecule has 0 aliphatic carbocycles. The first-order valence-electron chi connectivity index (χ1n) is 7.39. The molecule has 0 atom stereocenters. The molecular formula is C17H15N5O2. The van der Waals surface area contributed by atoms with Gasteiger partial charge in [0, 0.05) is 29.6 Å². The van der Waals surface area contributed by atoms with Gasteiger partial charge in [0.15, 0.2) is 5.96 Å². The number of aryl methyl sites for hydroxylation is 1. The molecule has 0 unspecified atom stereocenters. The number of guanidine groups is 1. The lowest BCUT2D eigenvalue weighted by atomic mass is 9.92. The smallest absolute Gasteiger partial charge is 0.262 e. The Morgan fingerprint density at radius 3 is 2.92 bits per heavy atom. The quantitative estimate of drug-likeness (QED) is 0.772. The SMILES string of the molecule is Cc1ncccc1-c1c(C#N)ccc(O)c1C(=O)NC1=NCCN1. The number of rotatable bonds is 2. The van der Waals surface area contributed by atoms with Gasteiger partial charge in [-0.3, -0.25) is 20.1 Å². The lowest BCUT2D eigenvalue weighted by Gasteiger charge is -2.15. The van der Waals surface area contributed by atoms with E-state index in [1.165, 1.54) is 12.1 Å². The first kappa shape index (κ1) is 15.5. The maximum atomic E-state index is 12.7. The number of nitriles is 1. The van der Waals surface area contributed by atoms with Crippen LogP contribution in [0, 0.1) is 18.3 Å². The van der Waals surface area contributed by atoms with Crippen LogP contribution in [0.15, 0.2) is 35.5 Å². The number of nitrogens with zero attached hydrogens (tertiary/aromatic N) is 3. The van der Waals surface area contributed by atoms with Crippen molar-refractivity contribution < 1.29 is 9.90 Å². The van der Waals surface area contributed by atoms with Gasteiger partial charge in [-0.05, 0) is 25.1 Å². The number of phenols is 1. The molecule has 1 aromatic heterocycles. The molecule has 0 spiro atoms. The monoisotopic (exact) mass is 321 g/mol. The molecule has 7 heteroatoms. The molecule has 0 saturated carbocycles. The Morgan fingerprint density at radius 2 is 2.25 bits per heavy atom. The summed E-state index contributed by atoms with van der Waals surface area (Å²) in [5.74, 6) is -0.380. The number of aliphatic imine (C=N–C) groups is 1. The average Bonchev–Trinajstić information content (AvgIpc) is 3.08. The number of carbonyl (C=O) groups excluding carboxylic acids is 1. The van der Waals surface area contributed by atoms with E-state index in [9.17, 15) is 15.2 Å². The van der Waals surface area contributed by atoms with E-state index in [0.717, 1.165) is 0 Å². The minimum absolute atomic E-state index is 0.0292. The van der Waals surface area contributed by atoms with E-state index < -0.39 is 5.91 Å². The van der Waals surface area contributed by atoms with Gasteiger partial charge >= 0.3 is 0 Å². The van der Waals surface area contributed by atoms with E-state index in [1.807, 2.05) is 0 Å². The summed E-state index contributed by atoms with van der Waals surface area (Å²) in [6, 6.07) is 8.38. The number of aromatic hydroxyl groups is 1. The predicted octanol–water partition coefficient (Wildman–Crippen LogP) is 1.32. The molecule has 0 fully saturated rings. The Labute approximate surface area is 138 Å². The minimum atomic E-state index is -0.531. The Morgan fingerprint density at radius 1 is 1.42 bits per heavy atom. The molecule has 1 aliphatic rings. The number of hydrogen-bond donors (Lipinski definition) is 3. The molecule has 120 valence electrons. The second-order valence-corrected chi connectivity index (χ2v) is 5.24. The summed E-state index contributed by atoms with van der Waals surface area (Å²) in [4.78, 5) is 21.0. The van der Waals surface area contributed by atoms with E-state index in [2.05, 4.69) is 26.7 Å². The third-order valence-corrected chi connectivity index (χ3v) is 3.71. The standard InChI is InChI=1S/C17H15N5O2/c1-10-12(3-2-6-19-10)14-11(9-18)4-5-13(23)15(14)16(24)22-17-20-7-8-21-17/h2-6,23H,7-8H2,1H3,(H2,20,21,22,24). The number of hydrogen-bond acceptors (Lipinski definition) is 6. The summed E-state index contributed by atoms with van der Waals surface area (Å²) in [7, 11) is 0. The Balaban J connectivity index is 2.16. The van der Waals surface area contributed by atoms with Crippen LogP contribution >= 0.6 is 0 Å². The van der Waals surface area contributed by atoms with Gasteiger partial charge in [0.1, 0.15) is 5.75 Å². The van der Waals surface area contributed by atoms with Gasteiger partial charge in [-0.2, -0.15) is 5.26 Å². The number of amides is 1. The predicted molar refractivity (Wildman–Crippen MR) is 88.6 cm³/mol. The molecular weight excluding hydrogens is 306 g/mol. The summed E-state index contributed by atoms with van der Waals surface area (Å²) in [5.41, 5.74) is 1.96. The van der Waals surface area contributed by atoms with Crippen molar-refractivity contribution in [2.24, 2.45) is 4.99 Å². The van der Waals surface area contributed by atoms with Gasteiger partial charge in [-0.25, -0.2) is 0 Å². The Kier molecular flexibility index (Phi) is 4.12. The van der Waals surface area contributed by atoms with Crippen molar-refractivity contribution >= 4 is 11.9 Å². The maximum absolute atomic E-state index is 12.7. The largest absolute Gasteiger partial charge is 0.507 e. The molecule has 2 aromatic rings. The Bertz CT molecular complexity index is 883. The van der Waals surface area contributed by atoms with Gasteiger partial charge in [-0.1, -0.05) is 6.07 Å². The number of nitrogens with one attached hydrogen (secondary N) is 2. The van der Waals surface area contributed by atoms with Crippen molar-refractivity contribution in [1.82, 2.24) is 15.6 Å². The molecule has 3 rings (SSSR count). The molecule has 1 aliphatic heterocycles. The fraction of sp³-hybridized carbons (Fsp3) is 0.176. The van der Waals surface area contributed by atoms with Crippen molar-refractivity contribution in [3.63, 3.8) is 0 Å². The lowest BCUT2D eigenvalue weighted by molar-refractivity contribution is 0.0974. The third kappa shape index (κ3) is 2.77. The van der Waals surface area contributed by atoms with E-state index >= 15 is 0 Å². The van der Waals surface area contributed by atoms with Crippen LogP contribution in [0.2, 0.25) is 0 Å². The van der Waals surface area contributed by atoms with Gasteiger partial charge in [0.25, 0.3) is 5.91 Å². The zero-order chi connectivity index (χ0) is 17.1. The van der Waals surface area contributed by atoms with Crippen molar-refractivity contribution in [2.75, 3.05) is 13.1 Å². The molecule has 1 aromatic carbocycles. The molecule has 3 N–H and O–H groups in total. The first-order chi connectivity index (χ1) is 11.6. The fourth-order valence-electron chi connectivity index (χ4n) is 2.59. The average molecular weight is 321 g/mol. The van der Waals surface area contributed by atoms with Gasteiger partial charge in [0.05, 0.1) is 23.7 Å². The zero-order valence-electron chi connectivity index (χ0n) is 13.0. The molecule has 0 radical (unpaired) electrons. The summed E-state index contributed by atoms with van der Waals surface area (Å²) >= 11 is 0. The summed E-state index contributed by atoms with van der Waals surface area (Å²) < 4.78 is 0. The second-order valence-electron chi connectivity index (χ2n) is 5.24. The highest BCUT2D eigenvalue weighted by atomic mass is 16.3. The maximum Gasteiger partial charge on any atom is 0.262 e. The van der Waals surface area contributed by atoms with Crippen molar-refractivity contribution in [2.45, 2.75) is 6.92 Å².